The van der Waals surface area contributed by atoms with E-state index in [1.165, 1.54) is 16.7 Å². The number of carbonyl (C=O) groups excluding carboxylic acids is 3. The fourth-order valence-corrected chi connectivity index (χ4v) is 11.5. The quantitative estimate of drug-likeness (QED) is 0.211. The van der Waals surface area contributed by atoms with Crippen LogP contribution >= 0.6 is 0 Å². The van der Waals surface area contributed by atoms with Gasteiger partial charge in [0.2, 0.25) is 0 Å². The van der Waals surface area contributed by atoms with Gasteiger partial charge < -0.3 is 9.84 Å². The lowest BCUT2D eigenvalue weighted by Gasteiger charge is -2.56. The average molecular weight is 669 g/mol. The first-order valence-electron chi connectivity index (χ1n) is 18.8. The first-order chi connectivity index (χ1) is 23.0. The molecule has 2 fully saturated rings. The van der Waals surface area contributed by atoms with Crippen LogP contribution in [0.15, 0.2) is 24.3 Å². The molecule has 2 aromatic rings. The fourth-order valence-electron chi connectivity index (χ4n) is 11.5. The van der Waals surface area contributed by atoms with Crippen LogP contribution in [0.1, 0.15) is 169 Å². The number of benzene rings is 2. The van der Waals surface area contributed by atoms with Gasteiger partial charge in [-0.15, -0.1) is 0 Å². The zero-order chi connectivity index (χ0) is 35.7. The van der Waals surface area contributed by atoms with E-state index >= 15 is 0 Å². The molecule has 4 aliphatic rings. The van der Waals surface area contributed by atoms with Crippen molar-refractivity contribution in [1.29, 1.82) is 0 Å². The summed E-state index contributed by atoms with van der Waals surface area (Å²) < 4.78 is 5.51. The van der Waals surface area contributed by atoms with Gasteiger partial charge in [0.05, 0.1) is 12.0 Å². The molecule has 4 aliphatic carbocycles. The van der Waals surface area contributed by atoms with Gasteiger partial charge in [-0.1, -0.05) is 80.4 Å². The zero-order valence-electron chi connectivity index (χ0n) is 31.0. The molecule has 6 nitrogen and oxygen atoms in total. The minimum atomic E-state index is -0.900. The Morgan fingerprint density at radius 1 is 0.755 bits per heavy atom. The molecule has 0 bridgehead atoms. The molecule has 6 unspecified atom stereocenters. The number of rotatable bonds is 9. The van der Waals surface area contributed by atoms with E-state index in [4.69, 9.17) is 4.74 Å². The zero-order valence-corrected chi connectivity index (χ0v) is 31.0. The molecule has 0 aromatic heterocycles. The van der Waals surface area contributed by atoms with Gasteiger partial charge >= 0.3 is 5.97 Å². The highest BCUT2D eigenvalue weighted by Gasteiger charge is 2.58. The van der Waals surface area contributed by atoms with Gasteiger partial charge in [0.15, 0.2) is 0 Å². The van der Waals surface area contributed by atoms with Crippen molar-refractivity contribution >= 4 is 24.0 Å². The summed E-state index contributed by atoms with van der Waals surface area (Å²) in [6, 6.07) is 8.31. The van der Waals surface area contributed by atoms with E-state index < -0.39 is 16.8 Å². The van der Waals surface area contributed by atoms with E-state index in [-0.39, 0.29) is 52.5 Å². The number of carboxylic acids is 1. The maximum atomic E-state index is 14.6. The molecule has 0 heterocycles. The molecule has 49 heavy (non-hydrogen) atoms. The van der Waals surface area contributed by atoms with Crippen molar-refractivity contribution < 1.29 is 29.0 Å². The minimum absolute atomic E-state index is 0.0467. The summed E-state index contributed by atoms with van der Waals surface area (Å²) >= 11 is 0. The summed E-state index contributed by atoms with van der Waals surface area (Å²) in [7, 11) is 0. The van der Waals surface area contributed by atoms with Crippen LogP contribution in [0, 0.1) is 22.7 Å². The van der Waals surface area contributed by atoms with Crippen LogP contribution in [0.3, 0.4) is 0 Å². The van der Waals surface area contributed by atoms with Crippen LogP contribution in [0.4, 0.5) is 0 Å². The highest BCUT2D eigenvalue weighted by atomic mass is 16.5. The van der Waals surface area contributed by atoms with Gasteiger partial charge in [-0.2, -0.15) is 0 Å². The summed E-state index contributed by atoms with van der Waals surface area (Å²) in [5.41, 5.74) is 5.20. The van der Waals surface area contributed by atoms with E-state index in [0.29, 0.717) is 17.8 Å². The summed E-state index contributed by atoms with van der Waals surface area (Å²) in [4.78, 5) is 53.1. The van der Waals surface area contributed by atoms with Gasteiger partial charge in [0.25, 0.3) is 6.47 Å². The van der Waals surface area contributed by atoms with E-state index in [1.807, 2.05) is 19.9 Å². The summed E-state index contributed by atoms with van der Waals surface area (Å²) in [6.07, 6.45) is 8.56. The Balaban J connectivity index is 1.29. The molecule has 6 atom stereocenters. The number of aromatic carboxylic acids is 1. The molecule has 1 N–H and O–H groups in total. The second-order valence-electron chi connectivity index (χ2n) is 17.6. The number of ether oxygens (including phenoxy) is 1. The van der Waals surface area contributed by atoms with Crippen LogP contribution in [-0.2, 0) is 38.1 Å². The molecule has 2 saturated carbocycles. The Labute approximate surface area is 292 Å². The highest BCUT2D eigenvalue weighted by molar-refractivity contribution is 6.04. The van der Waals surface area contributed by atoms with Gasteiger partial charge in [-0.25, -0.2) is 4.79 Å². The molecule has 6 rings (SSSR count). The van der Waals surface area contributed by atoms with E-state index in [0.717, 1.165) is 80.9 Å². The first kappa shape index (κ1) is 35.5. The Morgan fingerprint density at radius 3 is 1.67 bits per heavy atom. The van der Waals surface area contributed by atoms with E-state index in [2.05, 4.69) is 59.7 Å². The lowest BCUT2D eigenvalue weighted by molar-refractivity contribution is -0.146. The molecular weight excluding hydrogens is 612 g/mol. The largest absolute Gasteiger partial charge is 0.478 e. The number of carbonyl (C=O) groups is 4. The molecular formula is C43H56O6. The predicted octanol–water partition coefficient (Wildman–Crippen LogP) is 9.42. The second kappa shape index (κ2) is 12.5. The molecule has 264 valence electrons. The van der Waals surface area contributed by atoms with Crippen LogP contribution in [0.25, 0.3) is 0 Å². The number of aryl methyl sites for hydroxylation is 2. The molecule has 0 aliphatic heterocycles. The van der Waals surface area contributed by atoms with Crippen molar-refractivity contribution in [1.82, 2.24) is 0 Å². The average Bonchev–Trinajstić information content (AvgIpc) is 3.03. The Bertz CT molecular complexity index is 1700. The van der Waals surface area contributed by atoms with Crippen molar-refractivity contribution in [3.63, 3.8) is 0 Å². The number of hydrogen-bond donors (Lipinski definition) is 1. The third-order valence-electron chi connectivity index (χ3n) is 14.3. The van der Waals surface area contributed by atoms with Crippen molar-refractivity contribution in [2.24, 2.45) is 22.7 Å². The molecule has 2 aromatic carbocycles. The maximum absolute atomic E-state index is 14.6. The lowest BCUT2D eigenvalue weighted by atomic mass is 9.47. The van der Waals surface area contributed by atoms with Gasteiger partial charge in [0, 0.05) is 10.8 Å². The fraction of sp³-hybridized carbons (Fsp3) is 0.628. The van der Waals surface area contributed by atoms with Crippen molar-refractivity contribution in [2.45, 2.75) is 149 Å². The second-order valence-corrected chi connectivity index (χ2v) is 17.6. The topological polar surface area (TPSA) is 97.7 Å². The SMILES string of the molecule is CC(C)c1cc2c(cc1OC=O)C1(C)CCCC(C)(C(=O)CC(=O)C3(C)CCCC4(C)c5cc(C(=O)O)c(C(C)C)cc5CCC34)C1CC2. The standard InChI is InChI=1S/C43H56O6/c1-25(2)29-19-27-11-13-35-40(5,32(27)21-31(29)39(47)48)15-9-17-42(35,7)37(45)23-38(46)43(8)18-10-16-41(6)33-22-34(49-24-44)30(26(3)4)20-28(33)12-14-36(41)43/h19-22,24-26,35-36H,9-18,23H2,1-8H3,(H,47,48). The molecule has 0 spiro atoms. The first-order valence-corrected chi connectivity index (χ1v) is 18.8. The number of ketones is 2. The van der Waals surface area contributed by atoms with Crippen molar-refractivity contribution in [2.75, 3.05) is 0 Å². The molecule has 0 saturated heterocycles. The van der Waals surface area contributed by atoms with Crippen LogP contribution in [0.2, 0.25) is 0 Å². The van der Waals surface area contributed by atoms with Crippen LogP contribution in [0.5, 0.6) is 5.75 Å². The monoisotopic (exact) mass is 668 g/mol. The Morgan fingerprint density at radius 2 is 1.22 bits per heavy atom. The molecule has 0 amide bonds. The summed E-state index contributed by atoms with van der Waals surface area (Å²) in [5.74, 6) is 0.294. The lowest BCUT2D eigenvalue weighted by Crippen LogP contribution is -2.55. The summed E-state index contributed by atoms with van der Waals surface area (Å²) in [5, 5.41) is 10.1. The maximum Gasteiger partial charge on any atom is 0.335 e. The van der Waals surface area contributed by atoms with Gasteiger partial charge in [-0.3, -0.25) is 14.4 Å². The van der Waals surface area contributed by atoms with Crippen LogP contribution < -0.4 is 4.74 Å². The normalized spacial score (nSPS) is 32.0. The van der Waals surface area contributed by atoms with Crippen molar-refractivity contribution in [3.05, 3.63) is 63.2 Å². The Hall–Kier alpha value is -3.28. The van der Waals surface area contributed by atoms with E-state index in [9.17, 15) is 24.3 Å². The Kier molecular flexibility index (Phi) is 9.06. The number of Topliss-reactive ketones (excluding diaryl/α,β-unsaturated/α-hetero) is 2. The molecule has 6 heteroatoms. The van der Waals surface area contributed by atoms with Gasteiger partial charge in [-0.05, 0) is 131 Å². The third-order valence-corrected chi connectivity index (χ3v) is 14.3. The smallest absolute Gasteiger partial charge is 0.335 e. The third kappa shape index (κ3) is 5.51. The van der Waals surface area contributed by atoms with Crippen LogP contribution in [-0.4, -0.2) is 29.1 Å². The number of carboxylic acid groups (broad SMARTS) is 1. The summed E-state index contributed by atoms with van der Waals surface area (Å²) in [6.45, 7) is 17.5. The highest BCUT2D eigenvalue weighted by Crippen LogP contribution is 2.61. The predicted molar refractivity (Wildman–Crippen MR) is 192 cm³/mol. The van der Waals surface area contributed by atoms with E-state index in [1.54, 1.807) is 0 Å². The number of fused-ring (bicyclic) bond motifs is 6. The van der Waals surface area contributed by atoms with Crippen molar-refractivity contribution in [3.8, 4) is 5.75 Å². The molecule has 0 radical (unpaired) electrons. The van der Waals surface area contributed by atoms with Gasteiger partial charge in [0.1, 0.15) is 17.3 Å². The minimum Gasteiger partial charge on any atom is -0.478 e. The number of hydrogen-bond acceptors (Lipinski definition) is 5.